The van der Waals surface area contributed by atoms with Gasteiger partial charge in [0.15, 0.2) is 0 Å². The highest BCUT2D eigenvalue weighted by atomic mass is 35.5. The summed E-state index contributed by atoms with van der Waals surface area (Å²) in [6.45, 7) is 6.92. The third-order valence-electron chi connectivity index (χ3n) is 2.93. The molecule has 0 saturated carbocycles. The molecular weight excluding hydrogens is 268 g/mol. The van der Waals surface area contributed by atoms with Crippen LogP contribution in [-0.4, -0.2) is 14.5 Å². The summed E-state index contributed by atoms with van der Waals surface area (Å²) >= 11 is 7.70. The summed E-state index contributed by atoms with van der Waals surface area (Å²) in [7, 11) is 1.92. The number of nitrogens with zero attached hydrogens (tertiary/aromatic N) is 3. The first-order valence-corrected chi connectivity index (χ1v) is 7.02. The van der Waals surface area contributed by atoms with E-state index >= 15 is 0 Å². The number of thiazole rings is 1. The third-order valence-corrected chi connectivity index (χ3v) is 4.53. The summed E-state index contributed by atoms with van der Waals surface area (Å²) in [6.07, 6.45) is 1.67. The van der Waals surface area contributed by atoms with Crippen molar-refractivity contribution < 1.29 is 0 Å². The molecule has 2 aromatic heterocycles. The zero-order chi connectivity index (χ0) is 13.3. The molecule has 0 aromatic carbocycles. The fraction of sp³-hybridized carbons (Fsp3) is 0.500. The Morgan fingerprint density at radius 1 is 1.50 bits per heavy atom. The first-order valence-electron chi connectivity index (χ1n) is 5.82. The zero-order valence-corrected chi connectivity index (χ0v) is 12.6. The Balaban J connectivity index is 2.02. The molecule has 2 aromatic rings. The van der Waals surface area contributed by atoms with Gasteiger partial charge >= 0.3 is 0 Å². The van der Waals surface area contributed by atoms with Crippen LogP contribution in [0.3, 0.4) is 0 Å². The minimum atomic E-state index is 0.270. The summed E-state index contributed by atoms with van der Waals surface area (Å²) in [5, 5.41) is 5.22. The van der Waals surface area contributed by atoms with Gasteiger partial charge in [-0.25, -0.2) is 9.97 Å². The molecule has 6 heteroatoms. The lowest BCUT2D eigenvalue weighted by atomic mass is 10.2. The lowest BCUT2D eigenvalue weighted by Crippen LogP contribution is -2.20. The van der Waals surface area contributed by atoms with Crippen LogP contribution in [0.1, 0.15) is 34.4 Å². The second kappa shape index (κ2) is 5.38. The number of hydrogen-bond donors (Lipinski definition) is 1. The van der Waals surface area contributed by atoms with Crippen LogP contribution >= 0.6 is 22.9 Å². The van der Waals surface area contributed by atoms with Gasteiger partial charge < -0.3 is 9.88 Å². The SMILES string of the molecule is Cc1nc(C)c(C(C)NCc2ncc(Cl)n2C)s1. The van der Waals surface area contributed by atoms with Crippen LogP contribution in [0.5, 0.6) is 0 Å². The molecule has 1 N–H and O–H groups in total. The van der Waals surface area contributed by atoms with Gasteiger partial charge in [0.2, 0.25) is 0 Å². The number of halogens is 1. The Morgan fingerprint density at radius 2 is 2.22 bits per heavy atom. The maximum atomic E-state index is 5.96. The molecule has 0 bridgehead atoms. The van der Waals surface area contributed by atoms with E-state index in [1.807, 2.05) is 18.5 Å². The Hall–Kier alpha value is -0.910. The lowest BCUT2D eigenvalue weighted by Gasteiger charge is -2.12. The van der Waals surface area contributed by atoms with Gasteiger partial charge in [-0.3, -0.25) is 0 Å². The normalized spacial score (nSPS) is 12.9. The Kier molecular flexibility index (Phi) is 4.04. The molecule has 0 fully saturated rings. The van der Waals surface area contributed by atoms with Gasteiger partial charge in [0.1, 0.15) is 11.0 Å². The van der Waals surface area contributed by atoms with E-state index in [0.717, 1.165) is 16.5 Å². The summed E-state index contributed by atoms with van der Waals surface area (Å²) in [4.78, 5) is 10.00. The molecule has 2 heterocycles. The second-order valence-electron chi connectivity index (χ2n) is 4.34. The van der Waals surface area contributed by atoms with Crippen molar-refractivity contribution in [1.29, 1.82) is 0 Å². The number of aryl methyl sites for hydroxylation is 2. The van der Waals surface area contributed by atoms with E-state index in [0.29, 0.717) is 11.7 Å². The number of hydrogen-bond acceptors (Lipinski definition) is 4. The third kappa shape index (κ3) is 2.74. The van der Waals surface area contributed by atoms with Crippen molar-refractivity contribution in [3.8, 4) is 0 Å². The molecule has 2 rings (SSSR count). The molecule has 0 amide bonds. The summed E-state index contributed by atoms with van der Waals surface area (Å²) in [5.74, 6) is 0.936. The molecule has 4 nitrogen and oxygen atoms in total. The van der Waals surface area contributed by atoms with E-state index in [1.165, 1.54) is 4.88 Å². The molecule has 0 saturated heterocycles. The fourth-order valence-corrected chi connectivity index (χ4v) is 2.98. The van der Waals surface area contributed by atoms with E-state index in [1.54, 1.807) is 17.5 Å². The number of rotatable bonds is 4. The van der Waals surface area contributed by atoms with Crippen molar-refractivity contribution in [1.82, 2.24) is 19.9 Å². The molecule has 0 spiro atoms. The largest absolute Gasteiger partial charge is 0.321 e. The van der Waals surface area contributed by atoms with E-state index in [2.05, 4.69) is 29.1 Å². The van der Waals surface area contributed by atoms with Gasteiger partial charge in [-0.05, 0) is 20.8 Å². The van der Waals surface area contributed by atoms with Crippen LogP contribution in [0.4, 0.5) is 0 Å². The van der Waals surface area contributed by atoms with Crippen molar-refractivity contribution in [2.24, 2.45) is 7.05 Å². The van der Waals surface area contributed by atoms with Gasteiger partial charge in [-0.15, -0.1) is 11.3 Å². The van der Waals surface area contributed by atoms with Gasteiger partial charge in [0.05, 0.1) is 23.4 Å². The molecule has 18 heavy (non-hydrogen) atoms. The topological polar surface area (TPSA) is 42.7 Å². The zero-order valence-electron chi connectivity index (χ0n) is 11.0. The van der Waals surface area contributed by atoms with Crippen molar-refractivity contribution in [3.05, 3.63) is 32.8 Å². The number of nitrogens with one attached hydrogen (secondary N) is 1. The van der Waals surface area contributed by atoms with Crippen LogP contribution in [0, 0.1) is 13.8 Å². The van der Waals surface area contributed by atoms with Gasteiger partial charge in [0.25, 0.3) is 0 Å². The quantitative estimate of drug-likeness (QED) is 0.938. The molecule has 0 aliphatic carbocycles. The summed E-state index contributed by atoms with van der Waals surface area (Å²) in [5.41, 5.74) is 1.11. The smallest absolute Gasteiger partial charge is 0.128 e. The fourth-order valence-electron chi connectivity index (χ4n) is 1.87. The minimum Gasteiger partial charge on any atom is -0.321 e. The monoisotopic (exact) mass is 284 g/mol. The Bertz CT molecular complexity index is 546. The number of aromatic nitrogens is 3. The van der Waals surface area contributed by atoms with Gasteiger partial charge in [-0.1, -0.05) is 11.6 Å². The van der Waals surface area contributed by atoms with Gasteiger partial charge in [0, 0.05) is 18.0 Å². The van der Waals surface area contributed by atoms with Crippen LogP contribution in [0.15, 0.2) is 6.20 Å². The standard InChI is InChI=1S/C12H17ClN4S/c1-7(12-8(2)16-9(3)18-12)14-6-11-15-5-10(13)17(11)4/h5,7,14H,6H2,1-4H3. The molecule has 0 aliphatic rings. The average Bonchev–Trinajstić information content (AvgIpc) is 2.81. The maximum absolute atomic E-state index is 5.96. The summed E-state index contributed by atoms with van der Waals surface area (Å²) < 4.78 is 1.88. The Morgan fingerprint density at radius 3 is 2.72 bits per heavy atom. The average molecular weight is 285 g/mol. The highest BCUT2D eigenvalue weighted by molar-refractivity contribution is 7.11. The van der Waals surface area contributed by atoms with E-state index < -0.39 is 0 Å². The van der Waals surface area contributed by atoms with Crippen molar-refractivity contribution >= 4 is 22.9 Å². The lowest BCUT2D eigenvalue weighted by molar-refractivity contribution is 0.553. The van der Waals surface area contributed by atoms with E-state index in [4.69, 9.17) is 11.6 Å². The molecule has 0 aliphatic heterocycles. The predicted octanol–water partition coefficient (Wildman–Crippen LogP) is 3.00. The highest BCUT2D eigenvalue weighted by Crippen LogP contribution is 2.24. The van der Waals surface area contributed by atoms with Crippen LogP contribution in [0.2, 0.25) is 5.15 Å². The highest BCUT2D eigenvalue weighted by Gasteiger charge is 2.13. The first kappa shape index (κ1) is 13.5. The molecular formula is C12H17ClN4S. The summed E-state index contributed by atoms with van der Waals surface area (Å²) in [6, 6.07) is 0.270. The Labute approximate surface area is 116 Å². The maximum Gasteiger partial charge on any atom is 0.128 e. The molecule has 1 unspecified atom stereocenters. The first-order chi connectivity index (χ1) is 8.49. The van der Waals surface area contributed by atoms with Crippen molar-refractivity contribution in [2.75, 3.05) is 0 Å². The van der Waals surface area contributed by atoms with Crippen LogP contribution < -0.4 is 5.32 Å². The minimum absolute atomic E-state index is 0.270. The van der Waals surface area contributed by atoms with Crippen molar-refractivity contribution in [3.63, 3.8) is 0 Å². The molecule has 98 valence electrons. The van der Waals surface area contributed by atoms with Crippen molar-refractivity contribution in [2.45, 2.75) is 33.4 Å². The molecule has 0 radical (unpaired) electrons. The molecule has 1 atom stereocenters. The second-order valence-corrected chi connectivity index (χ2v) is 5.96. The number of imidazole rings is 1. The van der Waals surface area contributed by atoms with Crippen LogP contribution in [-0.2, 0) is 13.6 Å². The van der Waals surface area contributed by atoms with Gasteiger partial charge in [-0.2, -0.15) is 0 Å². The van der Waals surface area contributed by atoms with E-state index in [-0.39, 0.29) is 6.04 Å². The predicted molar refractivity (Wildman–Crippen MR) is 75.1 cm³/mol. The van der Waals surface area contributed by atoms with Crippen LogP contribution in [0.25, 0.3) is 0 Å². The van der Waals surface area contributed by atoms with E-state index in [9.17, 15) is 0 Å².